The number of unbranched alkanes of at least 4 members (excludes halogenated alkanes) is 1. The fraction of sp³-hybridized carbons (Fsp3) is 0.625. The van der Waals surface area contributed by atoms with Crippen molar-refractivity contribution < 1.29 is 9.53 Å². The number of nitrogens with zero attached hydrogens (tertiary/aromatic N) is 2. The Hall–Kier alpha value is -2.37. The van der Waals surface area contributed by atoms with Gasteiger partial charge in [-0.1, -0.05) is 54.9 Å². The average molecular weight is 416 g/mol. The van der Waals surface area contributed by atoms with Crippen LogP contribution >= 0.6 is 0 Å². The zero-order valence-corrected chi connectivity index (χ0v) is 19.8. The molecule has 1 aromatic heterocycles. The molecule has 0 aliphatic carbocycles. The van der Waals surface area contributed by atoms with Crippen LogP contribution in [-0.2, 0) is 16.6 Å². The van der Waals surface area contributed by atoms with Gasteiger partial charge in [-0.15, -0.1) is 0 Å². The van der Waals surface area contributed by atoms with Crippen molar-refractivity contribution in [3.05, 3.63) is 33.7 Å². The number of nitrogens with one attached hydrogen (secondary N) is 1. The van der Waals surface area contributed by atoms with E-state index in [1.165, 1.54) is 0 Å². The Balaban J connectivity index is 2.52. The third-order valence-corrected chi connectivity index (χ3v) is 4.94. The van der Waals surface area contributed by atoms with Gasteiger partial charge in [0.05, 0.1) is 24.6 Å². The Morgan fingerprint density at radius 2 is 1.83 bits per heavy atom. The first-order valence-electron chi connectivity index (χ1n) is 10.7. The number of hydrogen-bond acceptors (Lipinski definition) is 4. The van der Waals surface area contributed by atoms with Gasteiger partial charge in [0, 0.05) is 24.6 Å². The summed E-state index contributed by atoms with van der Waals surface area (Å²) in [5.74, 6) is 0.667. The summed E-state index contributed by atoms with van der Waals surface area (Å²) in [6.07, 6.45) is 2.23. The highest BCUT2D eigenvalue weighted by molar-refractivity contribution is 5.87. The van der Waals surface area contributed by atoms with Crippen molar-refractivity contribution in [3.63, 3.8) is 0 Å². The monoisotopic (exact) mass is 415 g/mol. The second-order valence-corrected chi connectivity index (χ2v) is 10.3. The summed E-state index contributed by atoms with van der Waals surface area (Å²) in [5.41, 5.74) is 1.88. The minimum absolute atomic E-state index is 0.0166. The lowest BCUT2D eigenvalue weighted by Gasteiger charge is -2.30. The van der Waals surface area contributed by atoms with Crippen LogP contribution in [-0.4, -0.2) is 41.0 Å². The van der Waals surface area contributed by atoms with E-state index < -0.39 is 5.41 Å². The summed E-state index contributed by atoms with van der Waals surface area (Å²) < 4.78 is 5.41. The summed E-state index contributed by atoms with van der Waals surface area (Å²) in [6, 6.07) is 3.61. The van der Waals surface area contributed by atoms with Crippen molar-refractivity contribution >= 4 is 16.9 Å². The molecule has 1 aromatic carbocycles. The maximum Gasteiger partial charge on any atom is 0.270 e. The van der Waals surface area contributed by atoms with Gasteiger partial charge in [0.25, 0.3) is 5.56 Å². The Morgan fingerprint density at radius 3 is 2.37 bits per heavy atom. The fourth-order valence-electron chi connectivity index (χ4n) is 3.49. The zero-order valence-electron chi connectivity index (χ0n) is 19.8. The Labute approximate surface area is 180 Å². The van der Waals surface area contributed by atoms with Crippen LogP contribution in [0.5, 0.6) is 5.75 Å². The summed E-state index contributed by atoms with van der Waals surface area (Å²) in [4.78, 5) is 35.4. The molecule has 0 fully saturated rings. The minimum Gasteiger partial charge on any atom is -0.497 e. The highest BCUT2D eigenvalue weighted by atomic mass is 16.5. The van der Waals surface area contributed by atoms with Gasteiger partial charge in [-0.2, -0.15) is 0 Å². The third kappa shape index (κ3) is 6.07. The van der Waals surface area contributed by atoms with Gasteiger partial charge in [-0.25, -0.2) is 4.98 Å². The molecule has 6 heteroatoms. The number of fused-ring (bicyclic) bond motifs is 1. The van der Waals surface area contributed by atoms with Crippen LogP contribution in [0.25, 0.3) is 11.0 Å². The molecular formula is C24H37N3O3. The molecule has 0 bridgehead atoms. The van der Waals surface area contributed by atoms with Gasteiger partial charge in [0.1, 0.15) is 11.4 Å². The number of carbonyl (C=O) groups is 1. The average Bonchev–Trinajstić information content (AvgIpc) is 2.62. The SMILES string of the molecule is CCCCN(CC(C)(C)C)C(=O)Cc1cc(OC)cc2[nH]c(=O)c(C(C)(C)C)nc12. The van der Waals surface area contributed by atoms with Crippen LogP contribution < -0.4 is 10.3 Å². The quantitative estimate of drug-likeness (QED) is 0.725. The van der Waals surface area contributed by atoms with Gasteiger partial charge in [0.2, 0.25) is 5.91 Å². The number of aromatic nitrogens is 2. The fourth-order valence-corrected chi connectivity index (χ4v) is 3.49. The van der Waals surface area contributed by atoms with Crippen molar-refractivity contribution in [2.24, 2.45) is 5.41 Å². The summed E-state index contributed by atoms with van der Waals surface area (Å²) in [6.45, 7) is 15.9. The summed E-state index contributed by atoms with van der Waals surface area (Å²) >= 11 is 0. The number of aromatic amines is 1. The molecule has 0 saturated carbocycles. The van der Waals surface area contributed by atoms with Crippen molar-refractivity contribution in [2.45, 2.75) is 73.1 Å². The molecule has 2 rings (SSSR count). The van der Waals surface area contributed by atoms with Crippen LogP contribution in [0.3, 0.4) is 0 Å². The molecular weight excluding hydrogens is 378 g/mol. The second kappa shape index (κ2) is 9.19. The van der Waals surface area contributed by atoms with E-state index in [1.807, 2.05) is 31.7 Å². The van der Waals surface area contributed by atoms with E-state index in [2.05, 4.69) is 32.7 Å². The molecule has 2 aromatic rings. The molecule has 0 atom stereocenters. The topological polar surface area (TPSA) is 75.3 Å². The molecule has 30 heavy (non-hydrogen) atoms. The predicted molar refractivity (Wildman–Crippen MR) is 122 cm³/mol. The molecule has 1 heterocycles. The summed E-state index contributed by atoms with van der Waals surface area (Å²) in [7, 11) is 1.58. The first kappa shape index (κ1) is 23.9. The first-order valence-corrected chi connectivity index (χ1v) is 10.7. The van der Waals surface area contributed by atoms with Crippen LogP contribution in [0.4, 0.5) is 0 Å². The van der Waals surface area contributed by atoms with Gasteiger partial charge in [0.15, 0.2) is 0 Å². The van der Waals surface area contributed by atoms with E-state index in [9.17, 15) is 9.59 Å². The zero-order chi connectivity index (χ0) is 22.7. The van der Waals surface area contributed by atoms with Gasteiger partial charge >= 0.3 is 0 Å². The maximum atomic E-state index is 13.3. The van der Waals surface area contributed by atoms with Gasteiger partial charge in [-0.3, -0.25) is 9.59 Å². The predicted octanol–water partition coefficient (Wildman–Crippen LogP) is 4.45. The largest absolute Gasteiger partial charge is 0.497 e. The lowest BCUT2D eigenvalue weighted by atomic mass is 9.92. The lowest BCUT2D eigenvalue weighted by molar-refractivity contribution is -0.131. The Morgan fingerprint density at radius 1 is 1.17 bits per heavy atom. The molecule has 0 unspecified atom stereocenters. The number of amides is 1. The second-order valence-electron chi connectivity index (χ2n) is 10.3. The van der Waals surface area contributed by atoms with Gasteiger partial charge in [-0.05, 0) is 23.5 Å². The molecule has 0 radical (unpaired) electrons. The molecule has 166 valence electrons. The van der Waals surface area contributed by atoms with E-state index in [0.29, 0.717) is 29.0 Å². The molecule has 0 saturated heterocycles. The summed E-state index contributed by atoms with van der Waals surface area (Å²) in [5, 5.41) is 0. The molecule has 0 aliphatic heterocycles. The number of carbonyl (C=O) groups excluding carboxylic acids is 1. The highest BCUT2D eigenvalue weighted by Crippen LogP contribution is 2.26. The lowest BCUT2D eigenvalue weighted by Crippen LogP contribution is -2.39. The normalized spacial score (nSPS) is 12.3. The molecule has 0 spiro atoms. The number of rotatable bonds is 7. The third-order valence-electron chi connectivity index (χ3n) is 4.94. The molecule has 6 nitrogen and oxygen atoms in total. The van der Waals surface area contributed by atoms with Crippen LogP contribution in [0.1, 0.15) is 72.6 Å². The van der Waals surface area contributed by atoms with Crippen LogP contribution in [0.15, 0.2) is 16.9 Å². The highest BCUT2D eigenvalue weighted by Gasteiger charge is 2.24. The maximum absolute atomic E-state index is 13.3. The van der Waals surface area contributed by atoms with Gasteiger partial charge < -0.3 is 14.6 Å². The first-order chi connectivity index (χ1) is 13.9. The number of H-pyrrole nitrogens is 1. The molecule has 1 amide bonds. The van der Waals surface area contributed by atoms with E-state index >= 15 is 0 Å². The Bertz CT molecular complexity index is 949. The number of ether oxygens (including phenoxy) is 1. The van der Waals surface area contributed by atoms with E-state index in [-0.39, 0.29) is 23.3 Å². The molecule has 0 aliphatic rings. The molecule has 1 N–H and O–H groups in total. The van der Waals surface area contributed by atoms with Crippen molar-refractivity contribution in [1.82, 2.24) is 14.9 Å². The van der Waals surface area contributed by atoms with Crippen LogP contribution in [0.2, 0.25) is 0 Å². The van der Waals surface area contributed by atoms with Crippen molar-refractivity contribution in [2.75, 3.05) is 20.2 Å². The minimum atomic E-state index is -0.400. The van der Waals surface area contributed by atoms with Crippen molar-refractivity contribution in [1.29, 1.82) is 0 Å². The van der Waals surface area contributed by atoms with E-state index in [1.54, 1.807) is 13.2 Å². The van der Waals surface area contributed by atoms with E-state index in [4.69, 9.17) is 9.72 Å². The van der Waals surface area contributed by atoms with Crippen molar-refractivity contribution in [3.8, 4) is 5.75 Å². The number of hydrogen-bond donors (Lipinski definition) is 1. The Kier molecular flexibility index (Phi) is 7.32. The smallest absolute Gasteiger partial charge is 0.270 e. The van der Waals surface area contributed by atoms with E-state index in [0.717, 1.165) is 24.9 Å². The number of methoxy groups -OCH3 is 1. The standard InChI is InChI=1S/C24H37N3O3/c1-9-10-11-27(15-23(2,3)4)19(28)13-16-12-17(30-8)14-18-20(16)26-21(22(29)25-18)24(5,6)7/h12,14H,9-11,13,15H2,1-8H3,(H,25,29). The van der Waals surface area contributed by atoms with Crippen LogP contribution in [0, 0.1) is 5.41 Å². The number of benzene rings is 1.